The molecule has 1 aromatic carbocycles. The summed E-state index contributed by atoms with van der Waals surface area (Å²) in [5, 5.41) is 0. The second kappa shape index (κ2) is 5.15. The SMILES string of the molecule is COc1ccc(B2OC(C)(C)C(C)(C)O2)c2c1OC1(CCCC1)C2. The van der Waals surface area contributed by atoms with E-state index in [2.05, 4.69) is 33.8 Å². The number of methoxy groups -OCH3 is 1. The lowest BCUT2D eigenvalue weighted by Gasteiger charge is -2.32. The summed E-state index contributed by atoms with van der Waals surface area (Å²) in [5.74, 6) is 1.71. The molecule has 3 aliphatic rings. The van der Waals surface area contributed by atoms with E-state index >= 15 is 0 Å². The highest BCUT2D eigenvalue weighted by molar-refractivity contribution is 6.62. The zero-order valence-corrected chi connectivity index (χ0v) is 15.4. The molecule has 1 spiro atoms. The van der Waals surface area contributed by atoms with E-state index in [0.717, 1.165) is 36.2 Å². The van der Waals surface area contributed by atoms with E-state index in [4.69, 9.17) is 18.8 Å². The third kappa shape index (κ3) is 2.28. The highest BCUT2D eigenvalue weighted by Crippen LogP contribution is 2.48. The molecular weight excluding hydrogens is 303 g/mol. The highest BCUT2D eigenvalue weighted by atomic mass is 16.7. The van der Waals surface area contributed by atoms with Crippen LogP contribution in [0.4, 0.5) is 0 Å². The number of benzene rings is 1. The van der Waals surface area contributed by atoms with Crippen LogP contribution in [-0.4, -0.2) is 31.0 Å². The topological polar surface area (TPSA) is 36.9 Å². The Morgan fingerprint density at radius 2 is 1.62 bits per heavy atom. The van der Waals surface area contributed by atoms with Gasteiger partial charge in [-0.3, -0.25) is 0 Å². The van der Waals surface area contributed by atoms with Crippen molar-refractivity contribution in [2.45, 2.75) is 76.6 Å². The Balaban J connectivity index is 1.73. The summed E-state index contributed by atoms with van der Waals surface area (Å²) >= 11 is 0. The fourth-order valence-electron chi connectivity index (χ4n) is 4.14. The molecular formula is C19H27BO4. The van der Waals surface area contributed by atoms with Gasteiger partial charge in [0.1, 0.15) is 5.60 Å². The van der Waals surface area contributed by atoms with Crippen LogP contribution in [0.3, 0.4) is 0 Å². The summed E-state index contributed by atoms with van der Waals surface area (Å²) < 4.78 is 24.6. The van der Waals surface area contributed by atoms with Crippen LogP contribution in [0.15, 0.2) is 12.1 Å². The Morgan fingerprint density at radius 3 is 2.21 bits per heavy atom. The third-order valence-corrected chi connectivity index (χ3v) is 6.32. The van der Waals surface area contributed by atoms with Crippen molar-refractivity contribution in [1.82, 2.24) is 0 Å². The lowest BCUT2D eigenvalue weighted by atomic mass is 9.74. The van der Waals surface area contributed by atoms with Crippen molar-refractivity contribution in [3.05, 3.63) is 17.7 Å². The zero-order valence-electron chi connectivity index (χ0n) is 15.4. The van der Waals surface area contributed by atoms with E-state index in [1.165, 1.54) is 18.4 Å². The van der Waals surface area contributed by atoms with Gasteiger partial charge in [0.15, 0.2) is 11.5 Å². The molecule has 0 aromatic heterocycles. The van der Waals surface area contributed by atoms with E-state index in [9.17, 15) is 0 Å². The quantitative estimate of drug-likeness (QED) is 0.780. The maximum atomic E-state index is 6.45. The molecule has 0 amide bonds. The van der Waals surface area contributed by atoms with Gasteiger partial charge in [0.2, 0.25) is 0 Å². The van der Waals surface area contributed by atoms with Crippen LogP contribution < -0.4 is 14.9 Å². The summed E-state index contributed by atoms with van der Waals surface area (Å²) in [6.45, 7) is 8.36. The van der Waals surface area contributed by atoms with E-state index in [1.807, 2.05) is 6.07 Å². The number of hydrogen-bond acceptors (Lipinski definition) is 4. The van der Waals surface area contributed by atoms with E-state index in [-0.39, 0.29) is 23.9 Å². The molecule has 1 aromatic rings. The Hall–Kier alpha value is -1.20. The van der Waals surface area contributed by atoms with Crippen molar-refractivity contribution >= 4 is 12.6 Å². The lowest BCUT2D eigenvalue weighted by molar-refractivity contribution is 0.00578. The molecule has 0 bridgehead atoms. The van der Waals surface area contributed by atoms with Crippen molar-refractivity contribution in [3.8, 4) is 11.5 Å². The molecule has 1 aliphatic carbocycles. The maximum absolute atomic E-state index is 6.45. The van der Waals surface area contributed by atoms with Gasteiger partial charge in [0.25, 0.3) is 0 Å². The van der Waals surface area contributed by atoms with E-state index < -0.39 is 0 Å². The number of rotatable bonds is 2. The predicted molar refractivity (Wildman–Crippen MR) is 94.2 cm³/mol. The molecule has 1 saturated heterocycles. The second-order valence-electron chi connectivity index (χ2n) is 8.42. The Bertz CT molecular complexity index is 646. The minimum Gasteiger partial charge on any atom is -0.493 e. The largest absolute Gasteiger partial charge is 0.495 e. The second-order valence-corrected chi connectivity index (χ2v) is 8.42. The van der Waals surface area contributed by atoms with Crippen LogP contribution in [0.25, 0.3) is 0 Å². The molecule has 4 nitrogen and oxygen atoms in total. The van der Waals surface area contributed by atoms with Crippen molar-refractivity contribution in [1.29, 1.82) is 0 Å². The van der Waals surface area contributed by atoms with Crippen LogP contribution in [0, 0.1) is 0 Å². The molecule has 2 fully saturated rings. The first-order valence-corrected chi connectivity index (χ1v) is 9.01. The normalized spacial score (nSPS) is 25.8. The first kappa shape index (κ1) is 16.3. The van der Waals surface area contributed by atoms with Crippen LogP contribution >= 0.6 is 0 Å². The van der Waals surface area contributed by atoms with Gasteiger partial charge in [0, 0.05) is 12.0 Å². The van der Waals surface area contributed by atoms with Crippen LogP contribution in [-0.2, 0) is 15.7 Å². The maximum Gasteiger partial charge on any atom is 0.495 e. The number of ether oxygens (including phenoxy) is 2. The molecule has 24 heavy (non-hydrogen) atoms. The monoisotopic (exact) mass is 330 g/mol. The Morgan fingerprint density at radius 1 is 1.00 bits per heavy atom. The van der Waals surface area contributed by atoms with Gasteiger partial charge in [0.05, 0.1) is 18.3 Å². The zero-order chi connectivity index (χ0) is 17.2. The third-order valence-electron chi connectivity index (χ3n) is 6.32. The van der Waals surface area contributed by atoms with Crippen LogP contribution in [0.5, 0.6) is 11.5 Å². The number of hydrogen-bond donors (Lipinski definition) is 0. The van der Waals surface area contributed by atoms with Crippen molar-refractivity contribution in [3.63, 3.8) is 0 Å². The summed E-state index contributed by atoms with van der Waals surface area (Å²) in [6.07, 6.45) is 5.64. The van der Waals surface area contributed by atoms with Gasteiger partial charge in [-0.1, -0.05) is 6.07 Å². The predicted octanol–water partition coefficient (Wildman–Crippen LogP) is 3.24. The smallest absolute Gasteiger partial charge is 0.493 e. The van der Waals surface area contributed by atoms with E-state index in [0.29, 0.717) is 0 Å². The van der Waals surface area contributed by atoms with Gasteiger partial charge >= 0.3 is 7.12 Å². The molecule has 0 unspecified atom stereocenters. The van der Waals surface area contributed by atoms with E-state index in [1.54, 1.807) is 7.11 Å². The van der Waals surface area contributed by atoms with Crippen LogP contribution in [0.1, 0.15) is 58.9 Å². The highest BCUT2D eigenvalue weighted by Gasteiger charge is 2.54. The van der Waals surface area contributed by atoms with Gasteiger partial charge in [-0.2, -0.15) is 0 Å². The Kier molecular flexibility index (Phi) is 3.49. The van der Waals surface area contributed by atoms with Gasteiger partial charge in [-0.15, -0.1) is 0 Å². The summed E-state index contributed by atoms with van der Waals surface area (Å²) in [4.78, 5) is 0. The van der Waals surface area contributed by atoms with Gasteiger partial charge in [-0.25, -0.2) is 0 Å². The summed E-state index contributed by atoms with van der Waals surface area (Å²) in [6, 6.07) is 4.06. The Labute approximate surface area is 145 Å². The molecule has 0 N–H and O–H groups in total. The summed E-state index contributed by atoms with van der Waals surface area (Å²) in [7, 11) is 1.35. The van der Waals surface area contributed by atoms with Crippen LogP contribution in [0.2, 0.25) is 0 Å². The van der Waals surface area contributed by atoms with Gasteiger partial charge < -0.3 is 18.8 Å². The standard InChI is InChI=1S/C19H27BO4/c1-17(2)18(3,4)24-20(23-17)14-8-9-15(21-5)16-13(14)12-19(22-16)10-6-7-11-19/h8-9H,6-7,10-12H2,1-5H3. The molecule has 0 atom stereocenters. The lowest BCUT2D eigenvalue weighted by Crippen LogP contribution is -2.41. The average Bonchev–Trinajstić information content (AvgIpc) is 3.16. The molecule has 0 radical (unpaired) electrons. The molecule has 130 valence electrons. The molecule has 5 heteroatoms. The van der Waals surface area contributed by atoms with Crippen molar-refractivity contribution in [2.75, 3.05) is 7.11 Å². The molecule has 1 saturated carbocycles. The molecule has 2 heterocycles. The first-order chi connectivity index (χ1) is 11.3. The summed E-state index contributed by atoms with van der Waals surface area (Å²) in [5.41, 5.74) is 1.57. The molecule has 2 aliphatic heterocycles. The van der Waals surface area contributed by atoms with Crippen molar-refractivity contribution < 1.29 is 18.8 Å². The minimum atomic E-state index is -0.352. The fraction of sp³-hybridized carbons (Fsp3) is 0.684. The van der Waals surface area contributed by atoms with Crippen molar-refractivity contribution in [2.24, 2.45) is 0 Å². The van der Waals surface area contributed by atoms with Gasteiger partial charge in [-0.05, 0) is 64.9 Å². The first-order valence-electron chi connectivity index (χ1n) is 9.01. The minimum absolute atomic E-state index is 0.0463. The molecule has 4 rings (SSSR count). The average molecular weight is 330 g/mol. The fourth-order valence-corrected chi connectivity index (χ4v) is 4.14. The number of fused-ring (bicyclic) bond motifs is 1.